The van der Waals surface area contributed by atoms with E-state index in [2.05, 4.69) is 52.7 Å². The average molecular weight is 856 g/mol. The normalized spacial score (nSPS) is 10.6. The van der Waals surface area contributed by atoms with Crippen molar-refractivity contribution in [3.63, 3.8) is 0 Å². The number of fused-ring (bicyclic) bond motifs is 2. The zero-order chi connectivity index (χ0) is 42.9. The molecule has 0 unspecified atom stereocenters. The predicted octanol–water partition coefficient (Wildman–Crippen LogP) is 9.84. The van der Waals surface area contributed by atoms with Crippen LogP contribution in [0.25, 0.3) is 44.3 Å². The van der Waals surface area contributed by atoms with E-state index >= 15 is 0 Å². The average Bonchev–Trinajstić information content (AvgIpc) is 4.00. The summed E-state index contributed by atoms with van der Waals surface area (Å²) < 4.78 is 27.0. The molecule has 0 saturated carbocycles. The van der Waals surface area contributed by atoms with Gasteiger partial charge >= 0.3 is 0 Å². The molecule has 0 atom stereocenters. The van der Waals surface area contributed by atoms with Gasteiger partial charge in [-0.15, -0.1) is 0 Å². The quantitative estimate of drug-likeness (QED) is 0.0799. The molecule has 306 valence electrons. The number of hydrogen-bond acceptors (Lipinski definition) is 13. The molecule has 6 heterocycles. The highest BCUT2D eigenvalue weighted by molar-refractivity contribution is 6.38. The summed E-state index contributed by atoms with van der Waals surface area (Å²) in [6.45, 7) is 0.866. The number of hydrogen-bond donors (Lipinski definition) is 4. The number of ether oxygens (including phenoxy) is 5. The van der Waals surface area contributed by atoms with Gasteiger partial charge in [0.15, 0.2) is 23.0 Å². The van der Waals surface area contributed by atoms with E-state index in [1.165, 1.54) is 12.4 Å². The van der Waals surface area contributed by atoms with Crippen LogP contribution in [0.5, 0.6) is 23.0 Å². The minimum Gasteiger partial charge on any atom is -0.493 e. The van der Waals surface area contributed by atoms with Crippen molar-refractivity contribution in [3.8, 4) is 57.4 Å². The third-order valence-corrected chi connectivity index (χ3v) is 10.2. The number of halogens is 2. The summed E-state index contributed by atoms with van der Waals surface area (Å²) in [7, 11) is 6.34. The van der Waals surface area contributed by atoms with Crippen LogP contribution in [-0.4, -0.2) is 71.6 Å². The number of rotatable bonds is 13. The maximum Gasteiger partial charge on any atom is 0.161 e. The molecule has 2 aromatic carbocycles. The summed E-state index contributed by atoms with van der Waals surface area (Å²) in [5.41, 5.74) is 7.45. The molecule has 8 aromatic rings. The van der Waals surface area contributed by atoms with Gasteiger partial charge in [-0.05, 0) is 47.5 Å². The van der Waals surface area contributed by atoms with Crippen molar-refractivity contribution in [2.45, 2.75) is 0 Å². The summed E-state index contributed by atoms with van der Waals surface area (Å²) in [5, 5.41) is 28.5. The Morgan fingerprint density at radius 1 is 0.590 bits per heavy atom. The fraction of sp³-hybridized carbons (Fsp3) is 0.136. The first-order chi connectivity index (χ1) is 29.8. The SMILES string of the molecule is COCCOc1ccc(-c2cncc(C#N)c2Nc2cnc3[nH]ccc3c2Cl)cc1OC.COc1ccc(-c2cncc(C#N)c2Nc2cnc3[nH]ccc3c2Cl)cc1OC. The second-order valence-corrected chi connectivity index (χ2v) is 13.7. The molecule has 8 rings (SSSR count). The Bertz CT molecular complexity index is 2940. The van der Waals surface area contributed by atoms with Gasteiger partial charge in [0.25, 0.3) is 0 Å². The predicted molar refractivity (Wildman–Crippen MR) is 235 cm³/mol. The molecule has 6 aromatic heterocycles. The van der Waals surface area contributed by atoms with E-state index in [0.717, 1.165) is 27.5 Å². The lowest BCUT2D eigenvalue weighted by atomic mass is 10.0. The molecule has 15 nitrogen and oxygen atoms in total. The van der Waals surface area contributed by atoms with Crippen molar-refractivity contribution in [1.29, 1.82) is 10.5 Å². The molecule has 0 bridgehead atoms. The van der Waals surface area contributed by atoms with Crippen molar-refractivity contribution in [3.05, 3.63) is 119 Å². The van der Waals surface area contributed by atoms with Crippen molar-refractivity contribution in [2.24, 2.45) is 0 Å². The Labute approximate surface area is 359 Å². The summed E-state index contributed by atoms with van der Waals surface area (Å²) in [6.07, 6.45) is 13.2. The molecule has 17 heteroatoms. The molecule has 0 aliphatic heterocycles. The van der Waals surface area contributed by atoms with Gasteiger partial charge in [-0.2, -0.15) is 10.5 Å². The molecule has 0 fully saturated rings. The lowest BCUT2D eigenvalue weighted by Crippen LogP contribution is -2.05. The smallest absolute Gasteiger partial charge is 0.161 e. The highest BCUT2D eigenvalue weighted by Gasteiger charge is 2.19. The van der Waals surface area contributed by atoms with Crippen LogP contribution in [0, 0.1) is 22.7 Å². The van der Waals surface area contributed by atoms with E-state index in [1.54, 1.807) is 71.7 Å². The monoisotopic (exact) mass is 854 g/mol. The number of anilines is 4. The third-order valence-electron chi connectivity index (χ3n) is 9.41. The van der Waals surface area contributed by atoms with E-state index in [4.69, 9.17) is 46.9 Å². The maximum atomic E-state index is 9.70. The van der Waals surface area contributed by atoms with Gasteiger partial charge in [-0.1, -0.05) is 35.3 Å². The number of pyridine rings is 4. The number of nitriles is 2. The Morgan fingerprint density at radius 2 is 1.07 bits per heavy atom. The number of nitrogens with zero attached hydrogens (tertiary/aromatic N) is 6. The number of benzene rings is 2. The second kappa shape index (κ2) is 19.0. The van der Waals surface area contributed by atoms with E-state index in [1.807, 2.05) is 42.5 Å². The number of aromatic nitrogens is 6. The van der Waals surface area contributed by atoms with E-state index < -0.39 is 0 Å². The third kappa shape index (κ3) is 8.76. The highest BCUT2D eigenvalue weighted by Crippen LogP contribution is 2.41. The van der Waals surface area contributed by atoms with Gasteiger partial charge in [-0.3, -0.25) is 9.97 Å². The number of methoxy groups -OCH3 is 4. The Hall–Kier alpha value is -7.56. The van der Waals surface area contributed by atoms with Crippen LogP contribution in [0.1, 0.15) is 11.1 Å². The fourth-order valence-electron chi connectivity index (χ4n) is 6.39. The first-order valence-electron chi connectivity index (χ1n) is 18.4. The number of aromatic amines is 2. The van der Waals surface area contributed by atoms with E-state index in [-0.39, 0.29) is 0 Å². The topological polar surface area (TPSA) is 201 Å². The maximum absolute atomic E-state index is 9.70. The number of nitrogens with one attached hydrogen (secondary N) is 4. The summed E-state index contributed by atoms with van der Waals surface area (Å²) in [6, 6.07) is 19.1. The Balaban J connectivity index is 0.000000185. The molecule has 0 spiro atoms. The first-order valence-corrected chi connectivity index (χ1v) is 19.1. The minimum absolute atomic E-state index is 0.368. The molecule has 0 radical (unpaired) electrons. The number of H-pyrrole nitrogens is 2. The van der Waals surface area contributed by atoms with Gasteiger partial charge in [0, 0.05) is 66.2 Å². The Morgan fingerprint density at radius 3 is 1.52 bits per heavy atom. The van der Waals surface area contributed by atoms with Gasteiger partial charge in [0.05, 0.1) is 84.3 Å². The molecule has 4 N–H and O–H groups in total. The highest BCUT2D eigenvalue weighted by atomic mass is 35.5. The largest absolute Gasteiger partial charge is 0.493 e. The van der Waals surface area contributed by atoms with Crippen LogP contribution in [0.15, 0.2) is 98.1 Å². The van der Waals surface area contributed by atoms with Gasteiger partial charge < -0.3 is 44.3 Å². The van der Waals surface area contributed by atoms with Crippen molar-refractivity contribution in [2.75, 3.05) is 52.3 Å². The molecule has 0 saturated heterocycles. The summed E-state index contributed by atoms with van der Waals surface area (Å²) in [4.78, 5) is 23.2. The van der Waals surface area contributed by atoms with Crippen LogP contribution in [0.2, 0.25) is 10.0 Å². The Kier molecular flexibility index (Phi) is 13.0. The van der Waals surface area contributed by atoms with Gasteiger partial charge in [-0.25, -0.2) is 9.97 Å². The van der Waals surface area contributed by atoms with Crippen molar-refractivity contribution in [1.82, 2.24) is 29.9 Å². The van der Waals surface area contributed by atoms with Gasteiger partial charge in [0.2, 0.25) is 0 Å². The van der Waals surface area contributed by atoms with Crippen LogP contribution < -0.4 is 29.6 Å². The summed E-state index contributed by atoms with van der Waals surface area (Å²) >= 11 is 13.1. The van der Waals surface area contributed by atoms with Gasteiger partial charge in [0.1, 0.15) is 30.0 Å². The van der Waals surface area contributed by atoms with Crippen LogP contribution >= 0.6 is 23.2 Å². The molecule has 0 amide bonds. The zero-order valence-corrected chi connectivity index (χ0v) is 34.6. The van der Waals surface area contributed by atoms with E-state index in [0.29, 0.717) is 97.0 Å². The fourth-order valence-corrected chi connectivity index (χ4v) is 6.88. The first kappa shape index (κ1) is 41.6. The lowest BCUT2D eigenvalue weighted by Gasteiger charge is -2.16. The molecule has 0 aliphatic rings. The minimum atomic E-state index is 0.368. The zero-order valence-electron chi connectivity index (χ0n) is 33.1. The van der Waals surface area contributed by atoms with E-state index in [9.17, 15) is 10.5 Å². The molecule has 61 heavy (non-hydrogen) atoms. The molecular formula is C44H36Cl2N10O5. The van der Waals surface area contributed by atoms with Crippen LogP contribution in [-0.2, 0) is 4.74 Å². The second-order valence-electron chi connectivity index (χ2n) is 12.9. The molecular weight excluding hydrogens is 819 g/mol. The lowest BCUT2D eigenvalue weighted by molar-refractivity contribution is 0.144. The summed E-state index contributed by atoms with van der Waals surface area (Å²) in [5.74, 6) is 2.34. The standard InChI is InChI=1S/C23H20ClN5O3.C21H16ClN5O2/c1-30-7-8-32-19-4-3-14(9-20(19)31-2)17-12-26-11-15(10-25)22(17)29-18-13-28-23-16(21(18)24)5-6-27-23;1-28-17-4-3-12(7-18(17)29-2)15-10-24-9-13(8-23)20(15)27-16-11-26-21-14(19(16)22)5-6-25-21/h3-6,9,11-13H,7-8H2,1-2H3,(H,26,29)(H,27,28);3-7,9-11H,1-2H3,(H,24,27)(H,25,26). The van der Waals surface area contributed by atoms with Crippen LogP contribution in [0.4, 0.5) is 22.7 Å². The van der Waals surface area contributed by atoms with Crippen molar-refractivity contribution >= 4 is 68.0 Å². The van der Waals surface area contributed by atoms with Crippen molar-refractivity contribution < 1.29 is 23.7 Å². The molecule has 0 aliphatic carbocycles. The van der Waals surface area contributed by atoms with Crippen LogP contribution in [0.3, 0.4) is 0 Å².